The molecule has 0 aliphatic carbocycles. The van der Waals surface area contributed by atoms with Gasteiger partial charge in [0.2, 0.25) is 0 Å². The fourth-order valence-electron chi connectivity index (χ4n) is 12.4. The van der Waals surface area contributed by atoms with Gasteiger partial charge in [-0.1, -0.05) is 0 Å². The Morgan fingerprint density at radius 3 is 0.620 bits per heavy atom. The minimum atomic E-state index is -2.30. The van der Waals surface area contributed by atoms with Crippen LogP contribution >= 0.6 is 0 Å². The molecule has 0 amide bonds. The van der Waals surface area contributed by atoms with Crippen molar-refractivity contribution in [1.29, 1.82) is 0 Å². The van der Waals surface area contributed by atoms with Crippen LogP contribution in [0.15, 0.2) is 0 Å². The molecule has 0 aromatic heterocycles. The summed E-state index contributed by atoms with van der Waals surface area (Å²) in [6.45, 7) is -8.55. The van der Waals surface area contributed by atoms with Crippen LogP contribution in [0.1, 0.15) is 0 Å². The molecule has 46 nitrogen and oxygen atoms in total. The molecule has 0 saturated carbocycles. The van der Waals surface area contributed by atoms with Gasteiger partial charge in [0.15, 0.2) is 56.6 Å². The smallest absolute Gasteiger partial charge is 0.187 e. The molecular formula is C54H92O46. The quantitative estimate of drug-likeness (QED) is 0.0404. The van der Waals surface area contributed by atoms with E-state index in [4.69, 9.17) is 80.5 Å². The topological polar surface area (TPSA) is 744 Å². The van der Waals surface area contributed by atoms with Gasteiger partial charge in [-0.3, -0.25) is 0 Å². The van der Waals surface area contributed by atoms with Gasteiger partial charge in [0.25, 0.3) is 0 Å². The summed E-state index contributed by atoms with van der Waals surface area (Å²) in [6.07, 6.45) is -89.7. The Bertz CT molecular complexity index is 2450. The molecule has 9 aliphatic rings. The first kappa shape index (κ1) is 82.2. The van der Waals surface area contributed by atoms with E-state index in [0.717, 1.165) is 0 Å². The van der Waals surface area contributed by atoms with E-state index >= 15 is 0 Å². The molecule has 9 heterocycles. The first-order chi connectivity index (χ1) is 47.3. The molecule has 0 aromatic rings. The average molecular weight is 1480 g/mol. The average Bonchev–Trinajstić information content (AvgIpc) is 0.786. The van der Waals surface area contributed by atoms with Crippen molar-refractivity contribution in [3.63, 3.8) is 0 Å². The van der Waals surface area contributed by atoms with Crippen LogP contribution in [0, 0.1) is 0 Å². The maximum absolute atomic E-state index is 11.7. The second-order valence-corrected chi connectivity index (χ2v) is 25.4. The van der Waals surface area contributed by atoms with Crippen LogP contribution in [0.5, 0.6) is 0 Å². The Morgan fingerprint density at radius 2 is 0.350 bits per heavy atom. The van der Waals surface area contributed by atoms with Crippen LogP contribution < -0.4 is 0 Å². The van der Waals surface area contributed by atoms with E-state index in [2.05, 4.69) is 0 Å². The molecule has 45 atom stereocenters. The number of rotatable bonds is 25. The van der Waals surface area contributed by atoms with Gasteiger partial charge in [-0.25, -0.2) is 0 Å². The zero-order valence-electron chi connectivity index (χ0n) is 52.3. The van der Waals surface area contributed by atoms with Gasteiger partial charge in [0.1, 0.15) is 220 Å². The Kier molecular flexibility index (Phi) is 29.2. The Morgan fingerprint density at radius 1 is 0.170 bits per heavy atom. The Labute approximate surface area is 563 Å². The largest absolute Gasteiger partial charge is 0.394 e. The predicted octanol–water partition coefficient (Wildman–Crippen LogP) is -20.6. The van der Waals surface area contributed by atoms with Gasteiger partial charge in [-0.2, -0.15) is 0 Å². The molecule has 9 aliphatic heterocycles. The van der Waals surface area contributed by atoms with E-state index in [0.29, 0.717) is 0 Å². The molecule has 100 heavy (non-hydrogen) atoms. The van der Waals surface area contributed by atoms with E-state index in [1.165, 1.54) is 0 Å². The number of hydrogen-bond donors (Lipinski definition) is 29. The third-order valence-corrected chi connectivity index (χ3v) is 18.7. The van der Waals surface area contributed by atoms with Gasteiger partial charge in [-0.15, -0.1) is 0 Å². The van der Waals surface area contributed by atoms with Gasteiger partial charge >= 0.3 is 0 Å². The maximum Gasteiger partial charge on any atom is 0.187 e. The molecule has 0 radical (unpaired) electrons. The molecule has 29 N–H and O–H groups in total. The van der Waals surface area contributed by atoms with Gasteiger partial charge in [0, 0.05) is 0 Å². The third kappa shape index (κ3) is 17.5. The van der Waals surface area contributed by atoms with Crippen molar-refractivity contribution in [2.24, 2.45) is 0 Å². The zero-order chi connectivity index (χ0) is 73.4. The van der Waals surface area contributed by atoms with Crippen molar-refractivity contribution in [1.82, 2.24) is 0 Å². The standard InChI is InChI=1S/C54H92O46/c55-1-10-19(59)28(68)37(77)47(90-10)85-6-17-26(66)35(75)44(99-51-41(81)30(70)21(61)12(3-57)92-51)53(96-17)88-9-16-24(64)33(73)39(79)49(95-16)86-7-18-27(67)36(76)45(100-52-42(82)31(71)22(62)13(4-58)93-52)54(97-18)87-8-15-23(63)32(72)38(78)48(94-15)84-5-14-25(65)34(74)43(46(83)89-14)98-50-40(80)29(69)20(60)11(2-56)91-50/h10-83H,1-9H2/t10-,11-,12-,13-,14-,15-,16-,17-,18-,19-,20-,21-,22-,23-,24-,25-,26-,27-,28+,29+,30+,31+,32+,33+,34+,35+,36+,37+,38+,39+,40+,41+,42+,43+,44+,45+,46+,47+,48+,49+,50-,51-,52-,53+,54+/m1/s1. The lowest BCUT2D eigenvalue weighted by Crippen LogP contribution is -2.66. The lowest BCUT2D eigenvalue weighted by Gasteiger charge is -2.47. The molecule has 584 valence electrons. The monoisotopic (exact) mass is 1480 g/mol. The summed E-state index contributed by atoms with van der Waals surface area (Å²) in [5, 5.41) is 310. The summed E-state index contributed by atoms with van der Waals surface area (Å²) >= 11 is 0. The molecule has 46 heteroatoms. The van der Waals surface area contributed by atoms with Crippen LogP contribution in [0.3, 0.4) is 0 Å². The maximum atomic E-state index is 11.7. The summed E-state index contributed by atoms with van der Waals surface area (Å²) in [7, 11) is 0. The van der Waals surface area contributed by atoms with E-state index < -0.39 is 336 Å². The van der Waals surface area contributed by atoms with Crippen molar-refractivity contribution in [2.75, 3.05) is 59.5 Å². The van der Waals surface area contributed by atoms with Gasteiger partial charge in [-0.05, 0) is 0 Å². The summed E-state index contributed by atoms with van der Waals surface area (Å²) in [5.41, 5.74) is 0. The van der Waals surface area contributed by atoms with Crippen molar-refractivity contribution >= 4 is 0 Å². The van der Waals surface area contributed by atoms with Crippen molar-refractivity contribution < 1.29 is 229 Å². The van der Waals surface area contributed by atoms with E-state index in [-0.39, 0.29) is 0 Å². The molecule has 0 unspecified atom stereocenters. The minimum Gasteiger partial charge on any atom is -0.394 e. The van der Waals surface area contributed by atoms with Crippen LogP contribution in [0.4, 0.5) is 0 Å². The number of aliphatic hydroxyl groups excluding tert-OH is 29. The van der Waals surface area contributed by atoms with Gasteiger partial charge in [0.05, 0.1) is 59.5 Å². The molecular weight excluding hydrogens is 1380 g/mol. The molecule has 9 fully saturated rings. The first-order valence-electron chi connectivity index (χ1n) is 31.7. The van der Waals surface area contributed by atoms with Gasteiger partial charge < -0.3 is 229 Å². The van der Waals surface area contributed by atoms with E-state index in [1.807, 2.05) is 0 Å². The highest BCUT2D eigenvalue weighted by atomic mass is 16.8. The van der Waals surface area contributed by atoms with Crippen LogP contribution in [0.25, 0.3) is 0 Å². The van der Waals surface area contributed by atoms with Crippen molar-refractivity contribution in [3.05, 3.63) is 0 Å². The lowest BCUT2D eigenvalue weighted by molar-refractivity contribution is -0.382. The number of ether oxygens (including phenoxy) is 17. The Balaban J connectivity index is 0.874. The molecule has 9 saturated heterocycles. The molecule has 0 bridgehead atoms. The van der Waals surface area contributed by atoms with E-state index in [1.54, 1.807) is 0 Å². The summed E-state index contributed by atoms with van der Waals surface area (Å²) in [6, 6.07) is 0. The summed E-state index contributed by atoms with van der Waals surface area (Å²) < 4.78 is 95.4. The number of aliphatic hydroxyl groups is 29. The SMILES string of the molecule is OC[C@H]1O[C@H](OC[C@H]2O[C@H](OC[C@H]3O[C@H](OC[C@H]4O[C@H](OC[C@H]5O[C@H](OC[C@H]6O[C@H](O)[C@@H](O[C@H]7O[C@H](CO)[C@@H](O)[C@H](O)[C@@H]7O)[C@@H](O)[C@@H]6O)[C@@H](O)[C@@H](O)[C@@H]5O)[C@@H](O[C@H]5O[C@H](CO)[C@@H](O)[C@H](O)[C@@H]5O)[C@@H](O)[C@@H]4O)[C@@H](O)[C@@H](O)[C@@H]3O)[C@@H](O[C@H]3O[C@H](CO)[C@@H](O)[C@H](O)[C@@H]3O)[C@@H](O)[C@@H]2O)[C@@H](O)[C@@H](O)[C@@H]1O. The van der Waals surface area contributed by atoms with Crippen LogP contribution in [-0.4, -0.2) is 484 Å². The normalized spacial score (nSPS) is 53.7. The second kappa shape index (κ2) is 35.5. The van der Waals surface area contributed by atoms with Crippen molar-refractivity contribution in [3.8, 4) is 0 Å². The molecule has 0 aromatic carbocycles. The van der Waals surface area contributed by atoms with Crippen LogP contribution in [0.2, 0.25) is 0 Å². The zero-order valence-corrected chi connectivity index (χ0v) is 52.3. The fraction of sp³-hybridized carbons (Fsp3) is 1.00. The number of hydrogen-bond acceptors (Lipinski definition) is 46. The summed E-state index contributed by atoms with van der Waals surface area (Å²) in [5.74, 6) is 0. The van der Waals surface area contributed by atoms with Crippen LogP contribution in [-0.2, 0) is 80.5 Å². The second-order valence-electron chi connectivity index (χ2n) is 25.4. The Hall–Kier alpha value is -1.84. The molecule has 0 spiro atoms. The predicted molar refractivity (Wildman–Crippen MR) is 297 cm³/mol. The summed E-state index contributed by atoms with van der Waals surface area (Å²) in [4.78, 5) is 0. The minimum absolute atomic E-state index is 0.874. The highest BCUT2D eigenvalue weighted by Crippen LogP contribution is 2.37. The van der Waals surface area contributed by atoms with Crippen molar-refractivity contribution in [2.45, 2.75) is 276 Å². The first-order valence-corrected chi connectivity index (χ1v) is 31.7. The van der Waals surface area contributed by atoms with E-state index in [9.17, 15) is 148 Å². The third-order valence-electron chi connectivity index (χ3n) is 18.7. The molecule has 9 rings (SSSR count). The highest BCUT2D eigenvalue weighted by Gasteiger charge is 2.58. The fourth-order valence-corrected chi connectivity index (χ4v) is 12.4. The lowest BCUT2D eigenvalue weighted by atomic mass is 9.96. The highest BCUT2D eigenvalue weighted by molar-refractivity contribution is 5.00.